The number of methoxy groups -OCH3 is 2. The summed E-state index contributed by atoms with van der Waals surface area (Å²) in [5, 5.41) is 10.3. The van der Waals surface area contributed by atoms with Gasteiger partial charge in [0.1, 0.15) is 17.1 Å². The van der Waals surface area contributed by atoms with Crippen LogP contribution in [0.1, 0.15) is 34.7 Å². The van der Waals surface area contributed by atoms with E-state index in [0.717, 1.165) is 28.2 Å². The van der Waals surface area contributed by atoms with Gasteiger partial charge in [-0.25, -0.2) is 4.79 Å². The molecule has 0 amide bonds. The number of aromatic nitrogens is 2. The van der Waals surface area contributed by atoms with Crippen molar-refractivity contribution in [2.75, 3.05) is 27.4 Å². The first-order valence-electron chi connectivity index (χ1n) is 13.3. The van der Waals surface area contributed by atoms with Crippen LogP contribution in [-0.4, -0.2) is 42.1 Å². The van der Waals surface area contributed by atoms with Crippen molar-refractivity contribution in [1.29, 1.82) is 0 Å². The van der Waals surface area contributed by atoms with Gasteiger partial charge in [-0.05, 0) is 60.2 Å². The first-order valence-corrected chi connectivity index (χ1v) is 13.3. The average molecular weight is 543 g/mol. The number of rotatable bonds is 10. The summed E-state index contributed by atoms with van der Waals surface area (Å²) in [5.74, 6) is 1.27. The van der Waals surface area contributed by atoms with E-state index >= 15 is 0 Å². The molecule has 0 unspecified atom stereocenters. The summed E-state index contributed by atoms with van der Waals surface area (Å²) in [4.78, 5) is 26.8. The van der Waals surface area contributed by atoms with Crippen LogP contribution in [0.5, 0.6) is 11.5 Å². The van der Waals surface area contributed by atoms with Crippen molar-refractivity contribution in [3.05, 3.63) is 128 Å². The minimum atomic E-state index is -0.962. The van der Waals surface area contributed by atoms with Gasteiger partial charge >= 0.3 is 5.69 Å². The molecule has 2 N–H and O–H groups in total. The number of aromatic amines is 1. The topological polar surface area (TPSA) is 103 Å². The van der Waals surface area contributed by atoms with Crippen LogP contribution < -0.4 is 20.7 Å². The maximum absolute atomic E-state index is 12.5. The second kappa shape index (κ2) is 11.5. The number of hydrogen-bond donors (Lipinski definition) is 2. The second-order valence-electron chi connectivity index (χ2n) is 10.2. The van der Waals surface area contributed by atoms with Crippen LogP contribution in [0.2, 0.25) is 0 Å². The predicted octanol–water partition coefficient (Wildman–Crippen LogP) is 4.04. The van der Waals surface area contributed by atoms with E-state index in [1.807, 2.05) is 78.9 Å². The quantitative estimate of drug-likeness (QED) is 0.293. The highest BCUT2D eigenvalue weighted by molar-refractivity contribution is 5.49. The minimum Gasteiger partial charge on any atom is -0.497 e. The molecular formula is C32H34N2O6. The van der Waals surface area contributed by atoms with Crippen LogP contribution in [-0.2, 0) is 10.3 Å². The van der Waals surface area contributed by atoms with Gasteiger partial charge in [-0.1, -0.05) is 54.6 Å². The maximum Gasteiger partial charge on any atom is 0.328 e. The van der Waals surface area contributed by atoms with Crippen LogP contribution in [0.15, 0.2) is 94.6 Å². The highest BCUT2D eigenvalue weighted by atomic mass is 16.5. The molecule has 1 aromatic heterocycles. The van der Waals surface area contributed by atoms with Gasteiger partial charge in [0, 0.05) is 30.3 Å². The Morgan fingerprint density at radius 1 is 0.875 bits per heavy atom. The van der Waals surface area contributed by atoms with Gasteiger partial charge in [-0.3, -0.25) is 14.3 Å². The number of aryl methyl sites for hydroxylation is 1. The number of benzene rings is 3. The normalized spacial score (nSPS) is 18.6. The molecule has 1 heterocycles. The molecule has 208 valence electrons. The largest absolute Gasteiger partial charge is 0.497 e. The Bertz CT molecular complexity index is 1500. The van der Waals surface area contributed by atoms with E-state index in [-0.39, 0.29) is 24.5 Å². The predicted molar refractivity (Wildman–Crippen MR) is 152 cm³/mol. The van der Waals surface area contributed by atoms with Gasteiger partial charge < -0.3 is 19.3 Å². The molecule has 4 aromatic rings. The van der Waals surface area contributed by atoms with Gasteiger partial charge in [0.25, 0.3) is 5.56 Å². The van der Waals surface area contributed by atoms with E-state index < -0.39 is 16.9 Å². The molecule has 0 bridgehead atoms. The lowest BCUT2D eigenvalue weighted by Gasteiger charge is -2.46. The van der Waals surface area contributed by atoms with Gasteiger partial charge in [0.2, 0.25) is 0 Å². The molecule has 8 nitrogen and oxygen atoms in total. The summed E-state index contributed by atoms with van der Waals surface area (Å²) < 4.78 is 19.4. The van der Waals surface area contributed by atoms with E-state index in [4.69, 9.17) is 14.2 Å². The van der Waals surface area contributed by atoms with Crippen molar-refractivity contribution >= 4 is 0 Å². The van der Waals surface area contributed by atoms with Crippen molar-refractivity contribution in [2.24, 2.45) is 11.8 Å². The van der Waals surface area contributed by atoms with Crippen LogP contribution in [0.4, 0.5) is 0 Å². The molecule has 40 heavy (non-hydrogen) atoms. The fraction of sp³-hybridized carbons (Fsp3) is 0.312. The second-order valence-corrected chi connectivity index (χ2v) is 10.2. The zero-order valence-corrected chi connectivity index (χ0v) is 22.9. The molecule has 1 fully saturated rings. The number of nitrogens with one attached hydrogen (secondary N) is 1. The molecular weight excluding hydrogens is 508 g/mol. The van der Waals surface area contributed by atoms with Crippen molar-refractivity contribution in [2.45, 2.75) is 25.0 Å². The number of aliphatic hydroxyl groups is 1. The Labute approximate surface area is 232 Å². The Balaban J connectivity index is 1.53. The van der Waals surface area contributed by atoms with E-state index in [2.05, 4.69) is 4.98 Å². The number of aliphatic hydroxyl groups excluding tert-OH is 1. The third kappa shape index (κ3) is 4.96. The third-order valence-corrected chi connectivity index (χ3v) is 8.05. The van der Waals surface area contributed by atoms with E-state index in [0.29, 0.717) is 18.6 Å². The first-order chi connectivity index (χ1) is 19.4. The van der Waals surface area contributed by atoms with Crippen LogP contribution in [0.25, 0.3) is 0 Å². The summed E-state index contributed by atoms with van der Waals surface area (Å²) >= 11 is 0. The lowest BCUT2D eigenvalue weighted by Crippen LogP contribution is -2.48. The maximum atomic E-state index is 12.5. The van der Waals surface area contributed by atoms with Gasteiger partial charge in [-0.15, -0.1) is 0 Å². The third-order valence-electron chi connectivity index (χ3n) is 8.05. The Morgan fingerprint density at radius 2 is 1.43 bits per heavy atom. The number of H-pyrrole nitrogens is 1. The molecule has 0 radical (unpaired) electrons. The Kier molecular flexibility index (Phi) is 7.91. The fourth-order valence-electron chi connectivity index (χ4n) is 5.70. The fourth-order valence-corrected chi connectivity index (χ4v) is 5.70. The molecule has 1 saturated carbocycles. The summed E-state index contributed by atoms with van der Waals surface area (Å²) in [5.41, 5.74) is 1.44. The number of ether oxygens (including phenoxy) is 3. The van der Waals surface area contributed by atoms with Crippen molar-refractivity contribution in [3.63, 3.8) is 0 Å². The summed E-state index contributed by atoms with van der Waals surface area (Å²) in [6, 6.07) is 25.5. The SMILES string of the molecule is COc1ccc(C(OC[C@H]2C[C@@H](n3cc(C)c(=O)[nH]c3=O)[C@@H]2CO)(c2ccccc2)c2ccc(OC)cc2)cc1. The molecule has 8 heteroatoms. The van der Waals surface area contributed by atoms with E-state index in [9.17, 15) is 14.7 Å². The molecule has 3 aromatic carbocycles. The highest BCUT2D eigenvalue weighted by Gasteiger charge is 2.45. The van der Waals surface area contributed by atoms with Crippen molar-refractivity contribution < 1.29 is 19.3 Å². The monoisotopic (exact) mass is 542 g/mol. The first kappa shape index (κ1) is 27.4. The summed E-state index contributed by atoms with van der Waals surface area (Å²) in [6.45, 7) is 1.90. The van der Waals surface area contributed by atoms with Crippen molar-refractivity contribution in [3.8, 4) is 11.5 Å². The smallest absolute Gasteiger partial charge is 0.328 e. The molecule has 5 rings (SSSR count). The summed E-state index contributed by atoms with van der Waals surface area (Å²) in [7, 11) is 3.27. The van der Waals surface area contributed by atoms with Gasteiger partial charge in [0.15, 0.2) is 0 Å². The van der Waals surface area contributed by atoms with Crippen LogP contribution in [0.3, 0.4) is 0 Å². The number of hydrogen-bond acceptors (Lipinski definition) is 6. The Morgan fingerprint density at radius 3 is 1.95 bits per heavy atom. The zero-order valence-electron chi connectivity index (χ0n) is 22.9. The van der Waals surface area contributed by atoms with E-state index in [1.165, 1.54) is 4.57 Å². The molecule has 0 aliphatic heterocycles. The van der Waals surface area contributed by atoms with Crippen molar-refractivity contribution in [1.82, 2.24) is 9.55 Å². The molecule has 1 aliphatic carbocycles. The minimum absolute atomic E-state index is 0.00582. The van der Waals surface area contributed by atoms with Gasteiger partial charge in [-0.2, -0.15) is 0 Å². The standard InChI is InChI=1S/C32H34N2O6/c1-21-18-34(31(37)33-30(21)36)29-17-22(28(29)19-35)20-40-32(23-7-5-4-6-8-23,24-9-13-26(38-2)14-10-24)25-11-15-27(39-3)16-12-25/h4-16,18,22,28-29,35H,17,19-20H2,1-3H3,(H,33,36,37)/t22-,28-,29-/m1/s1. The number of nitrogens with zero attached hydrogens (tertiary/aromatic N) is 1. The zero-order chi connectivity index (χ0) is 28.3. The lowest BCUT2D eigenvalue weighted by molar-refractivity contribution is -0.0749. The molecule has 0 spiro atoms. The molecule has 3 atom stereocenters. The average Bonchev–Trinajstić information content (AvgIpc) is 2.98. The van der Waals surface area contributed by atoms with Crippen LogP contribution >= 0.6 is 0 Å². The molecule has 1 aliphatic rings. The summed E-state index contributed by atoms with van der Waals surface area (Å²) in [6.07, 6.45) is 2.21. The molecule has 0 saturated heterocycles. The van der Waals surface area contributed by atoms with E-state index in [1.54, 1.807) is 27.3 Å². The Hall–Kier alpha value is -4.14. The lowest BCUT2D eigenvalue weighted by atomic mass is 9.69. The van der Waals surface area contributed by atoms with Gasteiger partial charge in [0.05, 0.1) is 20.8 Å². The van der Waals surface area contributed by atoms with Crippen LogP contribution in [0, 0.1) is 18.8 Å². The highest BCUT2D eigenvalue weighted by Crippen LogP contribution is 2.47.